The van der Waals surface area contributed by atoms with E-state index >= 15 is 0 Å². The number of nitrogens with one attached hydrogen (secondary N) is 1. The number of amides is 1. The van der Waals surface area contributed by atoms with Crippen molar-refractivity contribution >= 4 is 17.2 Å². The van der Waals surface area contributed by atoms with Crippen molar-refractivity contribution in [1.82, 2.24) is 5.32 Å². The van der Waals surface area contributed by atoms with E-state index in [1.165, 1.54) is 11.3 Å². The molecule has 0 saturated heterocycles. The Bertz CT molecular complexity index is 555. The SMILES string of the molecule is CC(C)(N)CNC(=O)c1sccc1-c1ccccc1. The Balaban J connectivity index is 2.18. The Morgan fingerprint density at radius 1 is 1.26 bits per heavy atom. The van der Waals surface area contributed by atoms with E-state index in [4.69, 9.17) is 5.73 Å². The molecule has 0 bridgehead atoms. The Morgan fingerprint density at radius 2 is 1.95 bits per heavy atom. The lowest BCUT2D eigenvalue weighted by Gasteiger charge is -2.18. The molecule has 1 aromatic carbocycles. The van der Waals surface area contributed by atoms with Crippen LogP contribution in [-0.2, 0) is 0 Å². The molecule has 1 aromatic heterocycles. The summed E-state index contributed by atoms with van der Waals surface area (Å²) in [6, 6.07) is 11.9. The van der Waals surface area contributed by atoms with Crippen LogP contribution in [0.4, 0.5) is 0 Å². The topological polar surface area (TPSA) is 55.1 Å². The van der Waals surface area contributed by atoms with Crippen LogP contribution in [0.3, 0.4) is 0 Å². The molecule has 3 nitrogen and oxygen atoms in total. The first-order valence-electron chi connectivity index (χ1n) is 6.17. The molecule has 0 fully saturated rings. The highest BCUT2D eigenvalue weighted by atomic mass is 32.1. The van der Waals surface area contributed by atoms with Crippen molar-refractivity contribution in [1.29, 1.82) is 0 Å². The van der Waals surface area contributed by atoms with Gasteiger partial charge in [0.1, 0.15) is 0 Å². The number of hydrogen-bond donors (Lipinski definition) is 2. The smallest absolute Gasteiger partial charge is 0.262 e. The molecule has 0 spiro atoms. The lowest BCUT2D eigenvalue weighted by molar-refractivity contribution is 0.0950. The normalized spacial score (nSPS) is 11.3. The monoisotopic (exact) mass is 274 g/mol. The predicted molar refractivity (Wildman–Crippen MR) is 80.4 cm³/mol. The third-order valence-electron chi connectivity index (χ3n) is 2.66. The van der Waals surface area contributed by atoms with E-state index in [0.29, 0.717) is 6.54 Å². The summed E-state index contributed by atoms with van der Waals surface area (Å²) in [5.74, 6) is -0.0626. The maximum Gasteiger partial charge on any atom is 0.262 e. The molecule has 1 amide bonds. The summed E-state index contributed by atoms with van der Waals surface area (Å²) in [6.45, 7) is 4.23. The standard InChI is InChI=1S/C15H18N2OS/c1-15(2,16)10-17-14(18)13-12(8-9-19-13)11-6-4-3-5-7-11/h3-9H,10,16H2,1-2H3,(H,17,18). The van der Waals surface area contributed by atoms with E-state index in [-0.39, 0.29) is 5.91 Å². The van der Waals surface area contributed by atoms with E-state index in [9.17, 15) is 4.79 Å². The van der Waals surface area contributed by atoms with Gasteiger partial charge in [-0.1, -0.05) is 30.3 Å². The molecule has 4 heteroatoms. The van der Waals surface area contributed by atoms with Crippen molar-refractivity contribution < 1.29 is 4.79 Å². The molecule has 0 aliphatic rings. The Hall–Kier alpha value is -1.65. The zero-order valence-corrected chi connectivity index (χ0v) is 12.0. The lowest BCUT2D eigenvalue weighted by Crippen LogP contribution is -2.45. The van der Waals surface area contributed by atoms with Gasteiger partial charge in [-0.25, -0.2) is 0 Å². The van der Waals surface area contributed by atoms with Crippen LogP contribution < -0.4 is 11.1 Å². The molecule has 0 saturated carbocycles. The minimum absolute atomic E-state index is 0.0626. The summed E-state index contributed by atoms with van der Waals surface area (Å²) in [5, 5.41) is 4.82. The molecule has 0 unspecified atom stereocenters. The van der Waals surface area contributed by atoms with Crippen LogP contribution in [0.1, 0.15) is 23.5 Å². The number of thiophene rings is 1. The summed E-state index contributed by atoms with van der Waals surface area (Å²) >= 11 is 1.45. The van der Waals surface area contributed by atoms with Gasteiger partial charge in [-0.15, -0.1) is 11.3 Å². The highest BCUT2D eigenvalue weighted by Gasteiger charge is 2.17. The molecule has 2 aromatic rings. The molecule has 1 heterocycles. The largest absolute Gasteiger partial charge is 0.349 e. The van der Waals surface area contributed by atoms with Crippen LogP contribution in [0.5, 0.6) is 0 Å². The lowest BCUT2D eigenvalue weighted by atomic mass is 10.1. The van der Waals surface area contributed by atoms with Gasteiger partial charge in [0.05, 0.1) is 4.88 Å². The minimum Gasteiger partial charge on any atom is -0.349 e. The van der Waals surface area contributed by atoms with Crippen molar-refractivity contribution in [3.8, 4) is 11.1 Å². The average molecular weight is 274 g/mol. The maximum atomic E-state index is 12.2. The fourth-order valence-electron chi connectivity index (χ4n) is 1.72. The third kappa shape index (κ3) is 3.66. The second-order valence-electron chi connectivity index (χ2n) is 5.20. The number of carbonyl (C=O) groups is 1. The number of benzene rings is 1. The van der Waals surface area contributed by atoms with Crippen LogP contribution in [-0.4, -0.2) is 18.0 Å². The zero-order valence-electron chi connectivity index (χ0n) is 11.1. The number of hydrogen-bond acceptors (Lipinski definition) is 3. The molecule has 3 N–H and O–H groups in total. The van der Waals surface area contributed by atoms with Gasteiger partial charge < -0.3 is 11.1 Å². The molecule has 0 atom stereocenters. The van der Waals surface area contributed by atoms with Crippen LogP contribution >= 0.6 is 11.3 Å². The van der Waals surface area contributed by atoms with Crippen molar-refractivity contribution in [2.45, 2.75) is 19.4 Å². The number of carbonyl (C=O) groups excluding carboxylic acids is 1. The minimum atomic E-state index is -0.403. The molecular weight excluding hydrogens is 256 g/mol. The number of rotatable bonds is 4. The van der Waals surface area contributed by atoms with Crippen LogP contribution in [0.15, 0.2) is 41.8 Å². The van der Waals surface area contributed by atoms with Crippen LogP contribution in [0, 0.1) is 0 Å². The first-order chi connectivity index (χ1) is 8.97. The Kier molecular flexibility index (Phi) is 4.02. The Morgan fingerprint density at radius 3 is 2.58 bits per heavy atom. The quantitative estimate of drug-likeness (QED) is 0.900. The average Bonchev–Trinajstić information content (AvgIpc) is 2.85. The third-order valence-corrected chi connectivity index (χ3v) is 3.57. The summed E-state index contributed by atoms with van der Waals surface area (Å²) in [6.07, 6.45) is 0. The molecule has 0 aliphatic carbocycles. The zero-order chi connectivity index (χ0) is 13.9. The highest BCUT2D eigenvalue weighted by molar-refractivity contribution is 7.12. The van der Waals surface area contributed by atoms with Gasteiger partial charge in [0, 0.05) is 17.6 Å². The fraction of sp³-hybridized carbons (Fsp3) is 0.267. The maximum absolute atomic E-state index is 12.2. The molecule has 19 heavy (non-hydrogen) atoms. The molecule has 2 rings (SSSR count). The van der Waals surface area contributed by atoms with Gasteiger partial charge in [0.15, 0.2) is 0 Å². The van der Waals surface area contributed by atoms with Crippen molar-refractivity contribution in [3.05, 3.63) is 46.7 Å². The van der Waals surface area contributed by atoms with E-state index in [1.54, 1.807) is 0 Å². The second-order valence-corrected chi connectivity index (χ2v) is 6.12. The van der Waals surface area contributed by atoms with Crippen LogP contribution in [0.2, 0.25) is 0 Å². The van der Waals surface area contributed by atoms with Gasteiger partial charge in [-0.05, 0) is 30.9 Å². The van der Waals surface area contributed by atoms with Crippen LogP contribution in [0.25, 0.3) is 11.1 Å². The molecule has 0 aliphatic heterocycles. The van der Waals surface area contributed by atoms with Gasteiger partial charge in [-0.3, -0.25) is 4.79 Å². The summed E-state index contributed by atoms with van der Waals surface area (Å²) in [5.41, 5.74) is 7.50. The van der Waals surface area contributed by atoms with Gasteiger partial charge in [-0.2, -0.15) is 0 Å². The van der Waals surface area contributed by atoms with Crippen molar-refractivity contribution in [2.24, 2.45) is 5.73 Å². The first kappa shape index (κ1) is 13.8. The highest BCUT2D eigenvalue weighted by Crippen LogP contribution is 2.28. The molecular formula is C15H18N2OS. The second kappa shape index (κ2) is 5.55. The molecule has 100 valence electrons. The first-order valence-corrected chi connectivity index (χ1v) is 7.05. The summed E-state index contributed by atoms with van der Waals surface area (Å²) < 4.78 is 0. The summed E-state index contributed by atoms with van der Waals surface area (Å²) in [4.78, 5) is 12.9. The fourth-order valence-corrected chi connectivity index (χ4v) is 2.55. The summed E-state index contributed by atoms with van der Waals surface area (Å²) in [7, 11) is 0. The van der Waals surface area contributed by atoms with E-state index < -0.39 is 5.54 Å². The van der Waals surface area contributed by atoms with Gasteiger partial charge >= 0.3 is 0 Å². The predicted octanol–water partition coefficient (Wildman–Crippen LogP) is 2.88. The number of nitrogens with two attached hydrogens (primary N) is 1. The van der Waals surface area contributed by atoms with E-state index in [0.717, 1.165) is 16.0 Å². The Labute approximate surface area is 117 Å². The van der Waals surface area contributed by atoms with Gasteiger partial charge in [0.2, 0.25) is 0 Å². The molecule has 0 radical (unpaired) electrons. The van der Waals surface area contributed by atoms with Crippen molar-refractivity contribution in [3.63, 3.8) is 0 Å². The van der Waals surface area contributed by atoms with E-state index in [2.05, 4.69) is 5.32 Å². The van der Waals surface area contributed by atoms with Crippen molar-refractivity contribution in [2.75, 3.05) is 6.54 Å². The van der Waals surface area contributed by atoms with E-state index in [1.807, 2.05) is 55.6 Å². The van der Waals surface area contributed by atoms with Gasteiger partial charge in [0.25, 0.3) is 5.91 Å².